The van der Waals surface area contributed by atoms with Gasteiger partial charge < -0.3 is 4.74 Å². The van der Waals surface area contributed by atoms with E-state index in [0.717, 1.165) is 0 Å². The van der Waals surface area contributed by atoms with Crippen molar-refractivity contribution in [2.75, 3.05) is 20.3 Å². The van der Waals surface area contributed by atoms with Crippen molar-refractivity contribution in [3.63, 3.8) is 0 Å². The average molecular weight is 255 g/mol. The third-order valence-electron chi connectivity index (χ3n) is 2.49. The molecule has 0 atom stereocenters. The number of rotatable bonds is 7. The van der Waals surface area contributed by atoms with Crippen LogP contribution in [-0.4, -0.2) is 30.2 Å². The molecule has 1 aromatic heterocycles. The number of hydrogen-bond acceptors (Lipinski definition) is 6. The van der Waals surface area contributed by atoms with E-state index in [1.54, 1.807) is 21.0 Å². The molecule has 7 nitrogen and oxygen atoms in total. The Morgan fingerprint density at radius 3 is 2.78 bits per heavy atom. The summed E-state index contributed by atoms with van der Waals surface area (Å²) in [6.45, 7) is 4.56. The largest absolute Gasteiger partial charge is 0.382 e. The summed E-state index contributed by atoms with van der Waals surface area (Å²) in [5, 5.41) is 10.9. The number of aryl methyl sites for hydroxylation is 1. The highest BCUT2D eigenvalue weighted by Crippen LogP contribution is 2.23. The van der Waals surface area contributed by atoms with Crippen LogP contribution in [0.4, 0.5) is 5.69 Å². The van der Waals surface area contributed by atoms with Gasteiger partial charge in [-0.05, 0) is 13.8 Å². The summed E-state index contributed by atoms with van der Waals surface area (Å²) in [5.41, 5.74) is 4.52. The maximum absolute atomic E-state index is 10.9. The number of hydrogen-bond donors (Lipinski definition) is 1. The second-order valence-electron chi connectivity index (χ2n) is 3.78. The number of nitrogens with one attached hydrogen (secondary N) is 1. The molecule has 0 aromatic carbocycles. The van der Waals surface area contributed by atoms with E-state index >= 15 is 0 Å². The molecule has 0 aliphatic rings. The van der Waals surface area contributed by atoms with Gasteiger partial charge in [-0.3, -0.25) is 19.9 Å². The summed E-state index contributed by atoms with van der Waals surface area (Å²) in [7, 11) is 1.58. The minimum Gasteiger partial charge on any atom is -0.382 e. The quantitative estimate of drug-likeness (QED) is 0.448. The highest BCUT2D eigenvalue weighted by atomic mass is 16.7. The first-order valence-corrected chi connectivity index (χ1v) is 5.51. The topological polar surface area (TPSA) is 86.5 Å². The first-order chi connectivity index (χ1) is 8.57. The lowest BCUT2D eigenvalue weighted by molar-refractivity contribution is -0.386. The second kappa shape index (κ2) is 7.00. The fraction of sp³-hybridized carbons (Fsp3) is 0.545. The average Bonchev–Trinajstić information content (AvgIpc) is 2.31. The SMILES string of the molecule is COCCONCc1ncc(C)c([N+](=O)[O-])c1C. The van der Waals surface area contributed by atoms with Crippen LogP contribution < -0.4 is 5.48 Å². The zero-order valence-corrected chi connectivity index (χ0v) is 10.7. The van der Waals surface area contributed by atoms with Gasteiger partial charge in [0.15, 0.2) is 0 Å². The molecule has 1 N–H and O–H groups in total. The van der Waals surface area contributed by atoms with Gasteiger partial charge in [0, 0.05) is 24.4 Å². The number of aromatic nitrogens is 1. The molecule has 0 saturated carbocycles. The molecule has 1 rings (SSSR count). The minimum atomic E-state index is -0.387. The zero-order chi connectivity index (χ0) is 13.5. The maximum atomic E-state index is 10.9. The van der Waals surface area contributed by atoms with Crippen molar-refractivity contribution in [1.29, 1.82) is 0 Å². The van der Waals surface area contributed by atoms with Crippen LogP contribution in [0, 0.1) is 24.0 Å². The molecule has 0 fully saturated rings. The lowest BCUT2D eigenvalue weighted by Crippen LogP contribution is -2.19. The Morgan fingerprint density at radius 1 is 1.44 bits per heavy atom. The van der Waals surface area contributed by atoms with Gasteiger partial charge in [0.1, 0.15) is 0 Å². The number of pyridine rings is 1. The summed E-state index contributed by atoms with van der Waals surface area (Å²) in [4.78, 5) is 19.8. The molecule has 7 heteroatoms. The van der Waals surface area contributed by atoms with Crippen molar-refractivity contribution in [2.24, 2.45) is 0 Å². The molecule has 1 heterocycles. The number of nitro groups is 1. The van der Waals surface area contributed by atoms with Gasteiger partial charge in [0.2, 0.25) is 0 Å². The summed E-state index contributed by atoms with van der Waals surface area (Å²) in [6.07, 6.45) is 1.50. The smallest absolute Gasteiger partial charge is 0.278 e. The molecule has 100 valence electrons. The van der Waals surface area contributed by atoms with Crippen molar-refractivity contribution < 1.29 is 14.5 Å². The third-order valence-corrected chi connectivity index (χ3v) is 2.49. The number of nitrogens with zero attached hydrogens (tertiary/aromatic N) is 2. The molecular weight excluding hydrogens is 238 g/mol. The van der Waals surface area contributed by atoms with Crippen molar-refractivity contribution in [3.8, 4) is 0 Å². The lowest BCUT2D eigenvalue weighted by Gasteiger charge is -2.08. The van der Waals surface area contributed by atoms with E-state index in [4.69, 9.17) is 9.57 Å². The molecule has 0 saturated heterocycles. The predicted molar refractivity (Wildman–Crippen MR) is 65.0 cm³/mol. The van der Waals surface area contributed by atoms with Crippen LogP contribution in [0.2, 0.25) is 0 Å². The van der Waals surface area contributed by atoms with Crippen LogP contribution in [0.15, 0.2) is 6.20 Å². The standard InChI is InChI=1S/C11H17N3O4/c1-8-6-12-10(7-13-18-5-4-17-3)9(2)11(8)14(15)16/h6,13H,4-5,7H2,1-3H3. The second-order valence-corrected chi connectivity index (χ2v) is 3.78. The Hall–Kier alpha value is -1.57. The van der Waals surface area contributed by atoms with Crippen LogP contribution in [0.1, 0.15) is 16.8 Å². The van der Waals surface area contributed by atoms with Gasteiger partial charge in [-0.2, -0.15) is 5.48 Å². The highest BCUT2D eigenvalue weighted by Gasteiger charge is 2.18. The molecule has 0 bridgehead atoms. The summed E-state index contributed by atoms with van der Waals surface area (Å²) in [5.74, 6) is 0. The van der Waals surface area contributed by atoms with Gasteiger partial charge >= 0.3 is 0 Å². The van der Waals surface area contributed by atoms with E-state index in [0.29, 0.717) is 36.6 Å². The summed E-state index contributed by atoms with van der Waals surface area (Å²) in [6, 6.07) is 0. The molecule has 0 unspecified atom stereocenters. The zero-order valence-electron chi connectivity index (χ0n) is 10.7. The molecule has 1 aromatic rings. The fourth-order valence-corrected chi connectivity index (χ4v) is 1.54. The van der Waals surface area contributed by atoms with Crippen molar-refractivity contribution in [2.45, 2.75) is 20.4 Å². The van der Waals surface area contributed by atoms with Gasteiger partial charge in [0.25, 0.3) is 5.69 Å². The van der Waals surface area contributed by atoms with Crippen LogP contribution in [0.25, 0.3) is 0 Å². The predicted octanol–water partition coefficient (Wildman–Crippen LogP) is 1.27. The van der Waals surface area contributed by atoms with Crippen molar-refractivity contribution in [1.82, 2.24) is 10.5 Å². The molecular formula is C11H17N3O4. The first-order valence-electron chi connectivity index (χ1n) is 5.51. The molecule has 0 spiro atoms. The molecule has 0 radical (unpaired) electrons. The fourth-order valence-electron chi connectivity index (χ4n) is 1.54. The number of ether oxygens (including phenoxy) is 1. The highest BCUT2D eigenvalue weighted by molar-refractivity contribution is 5.47. The first kappa shape index (κ1) is 14.5. The monoisotopic (exact) mass is 255 g/mol. The summed E-state index contributed by atoms with van der Waals surface area (Å²) >= 11 is 0. The maximum Gasteiger partial charge on any atom is 0.278 e. The van der Waals surface area contributed by atoms with Gasteiger partial charge in [-0.25, -0.2) is 0 Å². The van der Waals surface area contributed by atoms with Gasteiger partial charge in [-0.1, -0.05) is 0 Å². The van der Waals surface area contributed by atoms with E-state index in [1.807, 2.05) is 0 Å². The van der Waals surface area contributed by atoms with Crippen LogP contribution in [-0.2, 0) is 16.1 Å². The molecule has 0 aliphatic carbocycles. The van der Waals surface area contributed by atoms with Gasteiger partial charge in [-0.15, -0.1) is 0 Å². The Labute approximate surface area is 105 Å². The van der Waals surface area contributed by atoms with E-state index in [1.165, 1.54) is 6.20 Å². The molecule has 0 aliphatic heterocycles. The van der Waals surface area contributed by atoms with Crippen LogP contribution in [0.5, 0.6) is 0 Å². The third kappa shape index (κ3) is 3.73. The van der Waals surface area contributed by atoms with E-state index < -0.39 is 0 Å². The van der Waals surface area contributed by atoms with Crippen molar-refractivity contribution >= 4 is 5.69 Å². The Bertz CT molecular complexity index is 423. The van der Waals surface area contributed by atoms with Crippen LogP contribution in [0.3, 0.4) is 0 Å². The number of methoxy groups -OCH3 is 1. The van der Waals surface area contributed by atoms with Crippen molar-refractivity contribution in [3.05, 3.63) is 33.1 Å². The molecule has 18 heavy (non-hydrogen) atoms. The lowest BCUT2D eigenvalue weighted by atomic mass is 10.1. The number of hydroxylamine groups is 1. The molecule has 0 amide bonds. The van der Waals surface area contributed by atoms with E-state index in [9.17, 15) is 10.1 Å². The Morgan fingerprint density at radius 2 is 2.17 bits per heavy atom. The van der Waals surface area contributed by atoms with Gasteiger partial charge in [0.05, 0.1) is 30.4 Å². The van der Waals surface area contributed by atoms with E-state index in [2.05, 4.69) is 10.5 Å². The van der Waals surface area contributed by atoms with E-state index in [-0.39, 0.29) is 10.6 Å². The minimum absolute atomic E-state index is 0.110. The van der Waals surface area contributed by atoms with Crippen LogP contribution >= 0.6 is 0 Å². The Kier molecular flexibility index (Phi) is 5.63. The normalized spacial score (nSPS) is 10.6. The Balaban J connectivity index is 2.67. The summed E-state index contributed by atoms with van der Waals surface area (Å²) < 4.78 is 4.81.